The molecule has 3 atom stereocenters. The van der Waals surface area contributed by atoms with E-state index >= 15 is 0 Å². The molecule has 22 heavy (non-hydrogen) atoms. The van der Waals surface area contributed by atoms with Crippen LogP contribution in [-0.4, -0.2) is 11.9 Å². The Kier molecular flexibility index (Phi) is 7.23. The Morgan fingerprint density at radius 3 is 2.77 bits per heavy atom. The quantitative estimate of drug-likeness (QED) is 0.887. The fourth-order valence-corrected chi connectivity index (χ4v) is 2.94. The van der Waals surface area contributed by atoms with Gasteiger partial charge in [-0.05, 0) is 43.9 Å². The first kappa shape index (κ1) is 18.8. The average Bonchev–Trinajstić information content (AvgIpc) is 2.47. The number of rotatable bonds is 4. The zero-order valence-corrected chi connectivity index (χ0v) is 13.5. The van der Waals surface area contributed by atoms with Crippen molar-refractivity contribution in [2.24, 2.45) is 11.7 Å². The van der Waals surface area contributed by atoms with Crippen molar-refractivity contribution in [3.05, 3.63) is 35.4 Å². The molecular formula is C16H23ClF2N2O. The summed E-state index contributed by atoms with van der Waals surface area (Å²) in [4.78, 5) is 12.3. The van der Waals surface area contributed by atoms with Gasteiger partial charge in [0.05, 0.1) is 6.04 Å². The van der Waals surface area contributed by atoms with Crippen LogP contribution in [0.1, 0.15) is 50.6 Å². The molecule has 1 fully saturated rings. The highest BCUT2D eigenvalue weighted by molar-refractivity contribution is 5.85. The fraction of sp³-hybridized carbons (Fsp3) is 0.562. The maximum absolute atomic E-state index is 13.8. The number of amides is 1. The standard InChI is InChI=1S/C16H22F2N2O.ClH/c1-2-15(13-9-11(17)6-7-14(13)18)20-16(21)10-4-3-5-12(19)8-10;/h6-7,9-10,12,15H,2-5,8,19H2,1H3,(H,20,21);1H. The van der Waals surface area contributed by atoms with Crippen LogP contribution in [0.15, 0.2) is 18.2 Å². The van der Waals surface area contributed by atoms with Crippen LogP contribution in [0.4, 0.5) is 8.78 Å². The maximum atomic E-state index is 13.8. The number of benzene rings is 1. The Hall–Kier alpha value is -1.20. The van der Waals surface area contributed by atoms with E-state index in [1.165, 1.54) is 0 Å². The van der Waals surface area contributed by atoms with Crippen LogP contribution in [0.3, 0.4) is 0 Å². The van der Waals surface area contributed by atoms with E-state index in [-0.39, 0.29) is 35.8 Å². The van der Waals surface area contributed by atoms with Gasteiger partial charge in [-0.1, -0.05) is 13.3 Å². The number of carbonyl (C=O) groups is 1. The molecule has 0 radical (unpaired) electrons. The molecule has 1 aromatic rings. The minimum atomic E-state index is -0.508. The second-order valence-electron chi connectivity index (χ2n) is 5.76. The number of nitrogens with one attached hydrogen (secondary N) is 1. The molecular weight excluding hydrogens is 310 g/mol. The van der Waals surface area contributed by atoms with Crippen LogP contribution in [0.2, 0.25) is 0 Å². The lowest BCUT2D eigenvalue weighted by atomic mass is 9.85. The monoisotopic (exact) mass is 332 g/mol. The summed E-state index contributed by atoms with van der Waals surface area (Å²) >= 11 is 0. The summed E-state index contributed by atoms with van der Waals surface area (Å²) in [6.45, 7) is 1.84. The molecule has 124 valence electrons. The molecule has 6 heteroatoms. The summed E-state index contributed by atoms with van der Waals surface area (Å²) in [6, 6.07) is 2.87. The zero-order valence-electron chi connectivity index (χ0n) is 12.6. The van der Waals surface area contributed by atoms with Crippen molar-refractivity contribution in [3.8, 4) is 0 Å². The highest BCUT2D eigenvalue weighted by Crippen LogP contribution is 2.26. The molecule has 0 heterocycles. The van der Waals surface area contributed by atoms with Gasteiger partial charge in [0.2, 0.25) is 5.91 Å². The van der Waals surface area contributed by atoms with Gasteiger partial charge in [0.25, 0.3) is 0 Å². The third-order valence-electron chi connectivity index (χ3n) is 4.14. The first-order valence-electron chi connectivity index (χ1n) is 7.52. The van der Waals surface area contributed by atoms with Crippen molar-refractivity contribution in [2.75, 3.05) is 0 Å². The number of hydrogen-bond donors (Lipinski definition) is 2. The van der Waals surface area contributed by atoms with Crippen molar-refractivity contribution in [1.82, 2.24) is 5.32 Å². The van der Waals surface area contributed by atoms with Crippen LogP contribution in [0, 0.1) is 17.6 Å². The van der Waals surface area contributed by atoms with Crippen molar-refractivity contribution in [1.29, 1.82) is 0 Å². The van der Waals surface area contributed by atoms with Crippen molar-refractivity contribution in [3.63, 3.8) is 0 Å². The van der Waals surface area contributed by atoms with Gasteiger partial charge in [0.1, 0.15) is 11.6 Å². The van der Waals surface area contributed by atoms with Crippen LogP contribution in [0.5, 0.6) is 0 Å². The molecule has 2 rings (SSSR count). The smallest absolute Gasteiger partial charge is 0.223 e. The second-order valence-corrected chi connectivity index (χ2v) is 5.76. The van der Waals surface area contributed by atoms with Crippen LogP contribution < -0.4 is 11.1 Å². The molecule has 0 aromatic heterocycles. The largest absolute Gasteiger partial charge is 0.349 e. The van der Waals surface area contributed by atoms with E-state index in [4.69, 9.17) is 5.73 Å². The second kappa shape index (κ2) is 8.44. The fourth-order valence-electron chi connectivity index (χ4n) is 2.94. The number of carbonyl (C=O) groups excluding carboxylic acids is 1. The van der Waals surface area contributed by atoms with Gasteiger partial charge in [-0.3, -0.25) is 4.79 Å². The molecule has 1 saturated carbocycles. The highest BCUT2D eigenvalue weighted by atomic mass is 35.5. The van der Waals surface area contributed by atoms with Crippen LogP contribution >= 0.6 is 12.4 Å². The summed E-state index contributed by atoms with van der Waals surface area (Å²) in [5.41, 5.74) is 6.09. The Labute approximate surface area is 136 Å². The SMILES string of the molecule is CCC(NC(=O)C1CCCC(N)C1)c1cc(F)ccc1F.Cl. The van der Waals surface area contributed by atoms with Gasteiger partial charge >= 0.3 is 0 Å². The van der Waals surface area contributed by atoms with Gasteiger partial charge < -0.3 is 11.1 Å². The maximum Gasteiger partial charge on any atom is 0.223 e. The lowest BCUT2D eigenvalue weighted by Gasteiger charge is -2.28. The molecule has 0 aliphatic heterocycles. The first-order valence-corrected chi connectivity index (χ1v) is 7.52. The van der Waals surface area contributed by atoms with Gasteiger partial charge in [-0.15, -0.1) is 12.4 Å². The molecule has 3 N–H and O–H groups in total. The van der Waals surface area contributed by atoms with Gasteiger partial charge in [0, 0.05) is 17.5 Å². The van der Waals surface area contributed by atoms with Crippen molar-refractivity contribution in [2.45, 2.75) is 51.1 Å². The summed E-state index contributed by atoms with van der Waals surface area (Å²) in [5, 5.41) is 2.84. The summed E-state index contributed by atoms with van der Waals surface area (Å²) < 4.78 is 27.1. The molecule has 1 aliphatic rings. The van der Waals surface area contributed by atoms with Crippen molar-refractivity contribution >= 4 is 18.3 Å². The van der Waals surface area contributed by atoms with E-state index in [9.17, 15) is 13.6 Å². The molecule has 0 spiro atoms. The molecule has 3 unspecified atom stereocenters. The first-order chi connectivity index (χ1) is 10.0. The molecule has 0 saturated heterocycles. The minimum absolute atomic E-state index is 0. The van der Waals surface area contributed by atoms with E-state index in [1.54, 1.807) is 0 Å². The topological polar surface area (TPSA) is 55.1 Å². The van der Waals surface area contributed by atoms with E-state index in [0.29, 0.717) is 12.8 Å². The lowest BCUT2D eigenvalue weighted by molar-refractivity contribution is -0.126. The van der Waals surface area contributed by atoms with Gasteiger partial charge in [0.15, 0.2) is 0 Å². The predicted molar refractivity (Wildman–Crippen MR) is 84.7 cm³/mol. The highest BCUT2D eigenvalue weighted by Gasteiger charge is 2.27. The lowest BCUT2D eigenvalue weighted by Crippen LogP contribution is -2.39. The Morgan fingerprint density at radius 1 is 1.41 bits per heavy atom. The predicted octanol–water partition coefficient (Wildman–Crippen LogP) is 3.47. The van der Waals surface area contributed by atoms with E-state index in [0.717, 1.165) is 37.5 Å². The molecule has 1 aliphatic carbocycles. The Balaban J connectivity index is 0.00000242. The van der Waals surface area contributed by atoms with Gasteiger partial charge in [-0.25, -0.2) is 8.78 Å². The average molecular weight is 333 g/mol. The summed E-state index contributed by atoms with van der Waals surface area (Å²) in [6.07, 6.45) is 3.85. The molecule has 0 bridgehead atoms. The number of hydrogen-bond acceptors (Lipinski definition) is 2. The third kappa shape index (κ3) is 4.65. The van der Waals surface area contributed by atoms with E-state index in [1.807, 2.05) is 6.92 Å². The van der Waals surface area contributed by atoms with Crippen LogP contribution in [-0.2, 0) is 4.79 Å². The molecule has 3 nitrogen and oxygen atoms in total. The van der Waals surface area contributed by atoms with E-state index in [2.05, 4.69) is 5.32 Å². The third-order valence-corrected chi connectivity index (χ3v) is 4.14. The number of nitrogens with two attached hydrogens (primary N) is 1. The normalized spacial score (nSPS) is 22.5. The molecule has 1 aromatic carbocycles. The Morgan fingerprint density at radius 2 is 2.14 bits per heavy atom. The summed E-state index contributed by atoms with van der Waals surface area (Å²) in [7, 11) is 0. The summed E-state index contributed by atoms with van der Waals surface area (Å²) in [5.74, 6) is -1.23. The number of halogens is 3. The van der Waals surface area contributed by atoms with E-state index < -0.39 is 17.7 Å². The minimum Gasteiger partial charge on any atom is -0.349 e. The van der Waals surface area contributed by atoms with Gasteiger partial charge in [-0.2, -0.15) is 0 Å². The van der Waals surface area contributed by atoms with Crippen LogP contribution in [0.25, 0.3) is 0 Å². The molecule has 1 amide bonds. The van der Waals surface area contributed by atoms with Crippen molar-refractivity contribution < 1.29 is 13.6 Å². The zero-order chi connectivity index (χ0) is 15.4. The Bertz CT molecular complexity index is 513.